The van der Waals surface area contributed by atoms with Gasteiger partial charge in [-0.2, -0.15) is 0 Å². The van der Waals surface area contributed by atoms with Gasteiger partial charge in [0.2, 0.25) is 0 Å². The Morgan fingerprint density at radius 1 is 1.45 bits per heavy atom. The molecule has 0 aliphatic heterocycles. The number of hydrogen-bond donors (Lipinski definition) is 1. The maximum atomic E-state index is 5.50. The van der Waals surface area contributed by atoms with E-state index in [9.17, 15) is 0 Å². The first-order valence-electron chi connectivity index (χ1n) is 2.91. The van der Waals surface area contributed by atoms with Gasteiger partial charge in [-0.25, -0.2) is 0 Å². The van der Waals surface area contributed by atoms with Crippen molar-refractivity contribution in [2.45, 2.75) is 0 Å². The third-order valence-corrected chi connectivity index (χ3v) is 1.32. The summed E-state index contributed by atoms with van der Waals surface area (Å²) >= 11 is 0. The molecule has 0 aliphatic carbocycles. The number of hydrogen-bond acceptors (Lipinski definition) is 3. The molecule has 4 nitrogen and oxygen atoms in total. The van der Waals surface area contributed by atoms with E-state index < -0.39 is 0 Å². The molecule has 0 atom stereocenters. The largest absolute Gasteiger partial charge is 0.399 e. The third kappa shape index (κ3) is 1.25. The van der Waals surface area contributed by atoms with Crippen LogP contribution in [0.1, 0.15) is 0 Å². The highest BCUT2D eigenvalue weighted by Crippen LogP contribution is 2.03. The van der Waals surface area contributed by atoms with Crippen molar-refractivity contribution in [1.82, 2.24) is 14.6 Å². The lowest BCUT2D eigenvalue weighted by molar-refractivity contribution is 1.10. The number of nitrogens with two attached hydrogens (primary N) is 1. The average Bonchev–Trinajstić information content (AvgIpc) is 2.33. The van der Waals surface area contributed by atoms with Gasteiger partial charge in [0.15, 0.2) is 5.65 Å². The number of pyridine rings is 1. The molecule has 0 unspecified atom stereocenters. The van der Waals surface area contributed by atoms with Gasteiger partial charge < -0.3 is 5.73 Å². The van der Waals surface area contributed by atoms with E-state index >= 15 is 0 Å². The summed E-state index contributed by atoms with van der Waals surface area (Å²) in [6.07, 6.45) is 3.46. The number of rotatable bonds is 0. The lowest BCUT2D eigenvalue weighted by Crippen LogP contribution is -1.87. The van der Waals surface area contributed by atoms with Gasteiger partial charge in [-0.05, 0) is 6.07 Å². The number of halogens is 1. The molecule has 0 saturated heterocycles. The Bertz CT molecular complexity index is 356. The van der Waals surface area contributed by atoms with Crippen molar-refractivity contribution in [2.24, 2.45) is 0 Å². The summed E-state index contributed by atoms with van der Waals surface area (Å²) in [5, 5.41) is 7.51. The number of nitrogens with zero attached hydrogens (tertiary/aromatic N) is 3. The molecule has 0 saturated carbocycles. The van der Waals surface area contributed by atoms with Crippen LogP contribution in [0.3, 0.4) is 0 Å². The predicted octanol–water partition coefficient (Wildman–Crippen LogP) is 0.733. The smallest absolute Gasteiger partial charge is 0.162 e. The fourth-order valence-corrected chi connectivity index (χ4v) is 0.833. The Hall–Kier alpha value is -1.29. The van der Waals surface area contributed by atoms with Crippen molar-refractivity contribution in [2.75, 3.05) is 5.73 Å². The zero-order valence-corrected chi connectivity index (χ0v) is 6.45. The molecule has 2 heterocycles. The molecule has 0 amide bonds. The van der Waals surface area contributed by atoms with Gasteiger partial charge in [0.05, 0.1) is 0 Å². The van der Waals surface area contributed by atoms with Gasteiger partial charge in [-0.15, -0.1) is 22.6 Å². The summed E-state index contributed by atoms with van der Waals surface area (Å²) in [6, 6.07) is 3.57. The molecule has 2 aromatic heterocycles. The second-order valence-corrected chi connectivity index (χ2v) is 2.06. The molecule has 0 aromatic carbocycles. The van der Waals surface area contributed by atoms with Crippen molar-refractivity contribution < 1.29 is 0 Å². The van der Waals surface area contributed by atoms with Crippen molar-refractivity contribution in [3.05, 3.63) is 24.7 Å². The molecule has 2 rings (SSSR count). The van der Waals surface area contributed by atoms with E-state index in [0.717, 1.165) is 5.65 Å². The van der Waals surface area contributed by atoms with Crippen LogP contribution < -0.4 is 5.73 Å². The molecule has 0 radical (unpaired) electrons. The van der Waals surface area contributed by atoms with Gasteiger partial charge in [0.25, 0.3) is 0 Å². The second-order valence-electron chi connectivity index (χ2n) is 2.06. The normalized spacial score (nSPS) is 9.45. The summed E-state index contributed by atoms with van der Waals surface area (Å²) in [5.41, 5.74) is 6.99. The first kappa shape index (κ1) is 7.81. The Kier molecular flexibility index (Phi) is 1.96. The van der Waals surface area contributed by atoms with Crippen LogP contribution in [-0.4, -0.2) is 14.6 Å². The van der Waals surface area contributed by atoms with E-state index in [1.807, 2.05) is 6.20 Å². The lowest BCUT2D eigenvalue weighted by Gasteiger charge is -1.91. The highest BCUT2D eigenvalue weighted by Gasteiger charge is 1.92. The van der Waals surface area contributed by atoms with Crippen LogP contribution in [0.2, 0.25) is 0 Å². The first-order valence-corrected chi connectivity index (χ1v) is 2.91. The van der Waals surface area contributed by atoms with Gasteiger partial charge in [0, 0.05) is 18.0 Å². The van der Waals surface area contributed by atoms with E-state index in [1.165, 1.54) is 0 Å². The Morgan fingerprint density at radius 3 is 3.09 bits per heavy atom. The Balaban J connectivity index is 0.000000605. The molecular weight excluding hydrogens is 164 g/mol. The number of aromatic nitrogens is 3. The number of nitrogen functional groups attached to an aromatic ring is 1. The molecule has 2 N–H and O–H groups in total. The fourth-order valence-electron chi connectivity index (χ4n) is 0.833. The minimum absolute atomic E-state index is 0. The predicted molar refractivity (Wildman–Crippen MR) is 44.6 cm³/mol. The standard InChI is InChI=1S/C6H6N4.ClH/c7-5-1-2-10-4-8-9-6(10)3-5;/h1-4H,7H2;1H. The summed E-state index contributed by atoms with van der Waals surface area (Å²) in [4.78, 5) is 0. The molecule has 0 bridgehead atoms. The Morgan fingerprint density at radius 2 is 2.27 bits per heavy atom. The van der Waals surface area contributed by atoms with Crippen LogP contribution in [0.15, 0.2) is 24.7 Å². The van der Waals surface area contributed by atoms with Gasteiger partial charge in [-0.3, -0.25) is 4.40 Å². The highest BCUT2D eigenvalue weighted by molar-refractivity contribution is 5.85. The minimum Gasteiger partial charge on any atom is -0.399 e. The minimum atomic E-state index is 0. The van der Waals surface area contributed by atoms with Crippen LogP contribution in [-0.2, 0) is 0 Å². The van der Waals surface area contributed by atoms with E-state index in [1.54, 1.807) is 22.9 Å². The molecule has 11 heavy (non-hydrogen) atoms. The summed E-state index contributed by atoms with van der Waals surface area (Å²) in [5.74, 6) is 0. The summed E-state index contributed by atoms with van der Waals surface area (Å²) in [7, 11) is 0. The summed E-state index contributed by atoms with van der Waals surface area (Å²) < 4.78 is 1.80. The fraction of sp³-hybridized carbons (Fsp3) is 0. The maximum absolute atomic E-state index is 5.50. The van der Waals surface area contributed by atoms with E-state index in [-0.39, 0.29) is 12.4 Å². The Labute approximate surface area is 69.5 Å². The molecule has 5 heteroatoms. The van der Waals surface area contributed by atoms with Gasteiger partial charge in [0.1, 0.15) is 6.33 Å². The second kappa shape index (κ2) is 2.75. The van der Waals surface area contributed by atoms with Crippen molar-refractivity contribution >= 4 is 23.7 Å². The SMILES string of the molecule is Cl.Nc1ccn2cnnc2c1. The monoisotopic (exact) mass is 170 g/mol. The highest BCUT2D eigenvalue weighted by atomic mass is 35.5. The van der Waals surface area contributed by atoms with Gasteiger partial charge >= 0.3 is 0 Å². The number of anilines is 1. The topological polar surface area (TPSA) is 56.2 Å². The molecule has 2 aromatic rings. The average molecular weight is 171 g/mol. The molecular formula is C6H7ClN4. The third-order valence-electron chi connectivity index (χ3n) is 1.32. The van der Waals surface area contributed by atoms with Crippen LogP contribution in [0.25, 0.3) is 5.65 Å². The van der Waals surface area contributed by atoms with E-state index in [4.69, 9.17) is 5.73 Å². The van der Waals surface area contributed by atoms with Crippen LogP contribution in [0.4, 0.5) is 5.69 Å². The zero-order chi connectivity index (χ0) is 6.97. The van der Waals surface area contributed by atoms with Crippen LogP contribution in [0.5, 0.6) is 0 Å². The zero-order valence-electron chi connectivity index (χ0n) is 5.64. The van der Waals surface area contributed by atoms with Crippen molar-refractivity contribution in [3.8, 4) is 0 Å². The molecule has 0 fully saturated rings. The maximum Gasteiger partial charge on any atom is 0.162 e. The van der Waals surface area contributed by atoms with Crippen LogP contribution in [0, 0.1) is 0 Å². The van der Waals surface area contributed by atoms with Gasteiger partial charge in [-0.1, -0.05) is 0 Å². The number of fused-ring (bicyclic) bond motifs is 1. The molecule has 58 valence electrons. The van der Waals surface area contributed by atoms with Crippen LogP contribution >= 0.6 is 12.4 Å². The molecule has 0 spiro atoms. The van der Waals surface area contributed by atoms with E-state index in [0.29, 0.717) is 5.69 Å². The van der Waals surface area contributed by atoms with Crippen molar-refractivity contribution in [3.63, 3.8) is 0 Å². The quantitative estimate of drug-likeness (QED) is 0.634. The molecule has 0 aliphatic rings. The van der Waals surface area contributed by atoms with Crippen molar-refractivity contribution in [1.29, 1.82) is 0 Å². The van der Waals surface area contributed by atoms with E-state index in [2.05, 4.69) is 10.2 Å². The summed E-state index contributed by atoms with van der Waals surface area (Å²) in [6.45, 7) is 0. The first-order chi connectivity index (χ1) is 4.86. The lowest BCUT2D eigenvalue weighted by atomic mass is 10.4.